The molecule has 0 radical (unpaired) electrons. The Balaban J connectivity index is 1.72. The molecule has 6 nitrogen and oxygen atoms in total. The first kappa shape index (κ1) is 27.1. The number of hydrogen-bond acceptors (Lipinski definition) is 5. The molecule has 2 saturated heterocycles. The van der Waals surface area contributed by atoms with Gasteiger partial charge in [0.15, 0.2) is 0 Å². The van der Waals surface area contributed by atoms with E-state index in [1.54, 1.807) is 31.2 Å². The van der Waals surface area contributed by atoms with Crippen LogP contribution in [0.25, 0.3) is 0 Å². The maximum atomic E-state index is 14.2. The number of carbonyl (C=O) groups excluding carboxylic acids is 3. The van der Waals surface area contributed by atoms with Crippen molar-refractivity contribution in [2.45, 2.75) is 65.1 Å². The third-order valence-corrected chi connectivity index (χ3v) is 16.1. The molecule has 3 aliphatic rings. The van der Waals surface area contributed by atoms with Crippen LogP contribution in [-0.2, 0) is 23.9 Å². The zero-order valence-electron chi connectivity index (χ0n) is 23.0. The van der Waals surface area contributed by atoms with Crippen LogP contribution in [0.1, 0.15) is 34.1 Å². The summed E-state index contributed by atoms with van der Waals surface area (Å²) in [6.45, 7) is 14.4. The van der Waals surface area contributed by atoms with Gasteiger partial charge in [0, 0.05) is 0 Å². The van der Waals surface area contributed by atoms with Gasteiger partial charge in [-0.1, -0.05) is 0 Å². The molecule has 8 heteroatoms. The molecule has 0 bridgehead atoms. The number of benzene rings is 2. The molecule has 2 aromatic rings. The van der Waals surface area contributed by atoms with Crippen molar-refractivity contribution < 1.29 is 23.9 Å². The number of carbonyl (C=O) groups is 3. The predicted octanol–water partition coefficient (Wildman–Crippen LogP) is 4.43. The van der Waals surface area contributed by atoms with Gasteiger partial charge in [0.1, 0.15) is 0 Å². The number of anilines is 1. The van der Waals surface area contributed by atoms with Crippen molar-refractivity contribution in [3.05, 3.63) is 70.3 Å². The van der Waals surface area contributed by atoms with E-state index in [1.807, 2.05) is 45.0 Å². The van der Waals surface area contributed by atoms with E-state index in [4.69, 9.17) is 9.47 Å². The molecule has 38 heavy (non-hydrogen) atoms. The van der Waals surface area contributed by atoms with Crippen LogP contribution in [-0.4, -0.2) is 52.2 Å². The summed E-state index contributed by atoms with van der Waals surface area (Å²) in [7, 11) is -1.99. The first-order valence-corrected chi connectivity index (χ1v) is 18.2. The maximum absolute atomic E-state index is 14.2. The first-order chi connectivity index (χ1) is 17.7. The van der Waals surface area contributed by atoms with E-state index in [2.05, 4.69) is 31.8 Å². The molecule has 200 valence electrons. The van der Waals surface area contributed by atoms with Gasteiger partial charge in [-0.25, -0.2) is 0 Å². The summed E-state index contributed by atoms with van der Waals surface area (Å²) in [6, 6.07) is 19.2. The fraction of sp³-hybridized carbons (Fsp3) is 0.433. The van der Waals surface area contributed by atoms with Crippen molar-refractivity contribution >= 4 is 51.0 Å². The van der Waals surface area contributed by atoms with Crippen LogP contribution in [0.4, 0.5) is 5.69 Å². The van der Waals surface area contributed by atoms with Crippen LogP contribution < -0.4 is 9.36 Å². The second-order valence-corrected chi connectivity index (χ2v) is 20.7. The molecule has 3 fully saturated rings. The molecule has 4 atom stereocenters. The monoisotopic (exact) mass is 597 g/mol. The van der Waals surface area contributed by atoms with Crippen LogP contribution in [0.15, 0.2) is 70.3 Å². The normalized spacial score (nSPS) is 30.7. The summed E-state index contributed by atoms with van der Waals surface area (Å²) >= 11 is -0.0590. The third kappa shape index (κ3) is 4.13. The van der Waals surface area contributed by atoms with Crippen LogP contribution in [0, 0.1) is 17.3 Å². The quantitative estimate of drug-likeness (QED) is 0.297. The van der Waals surface area contributed by atoms with Gasteiger partial charge in [-0.3, -0.25) is 0 Å². The van der Waals surface area contributed by atoms with Crippen molar-refractivity contribution in [2.24, 2.45) is 17.3 Å². The second-order valence-electron chi connectivity index (χ2n) is 12.6. The van der Waals surface area contributed by atoms with Crippen molar-refractivity contribution in [3.63, 3.8) is 0 Å². The fourth-order valence-corrected chi connectivity index (χ4v) is 11.5. The number of fused-ring (bicyclic) bond motifs is 2. The average molecular weight is 597 g/mol. The Bertz CT molecular complexity index is 1330. The summed E-state index contributed by atoms with van der Waals surface area (Å²) in [6.07, 6.45) is 0.209. The van der Waals surface area contributed by atoms with E-state index < -0.39 is 48.6 Å². The Morgan fingerprint density at radius 2 is 1.53 bits per heavy atom. The van der Waals surface area contributed by atoms with E-state index in [9.17, 15) is 14.4 Å². The first-order valence-electron chi connectivity index (χ1n) is 13.0. The summed E-state index contributed by atoms with van der Waals surface area (Å²) in [5, 5.41) is 0. The number of cyclic esters (lactones) is 1. The Labute approximate surface area is 231 Å². The Hall–Kier alpha value is -2.51. The molecule has 0 N–H and O–H groups in total. The Morgan fingerprint density at radius 1 is 0.947 bits per heavy atom. The number of hydrogen-bond donors (Lipinski definition) is 0. The minimum atomic E-state index is -1.99. The SMILES string of the molecule is CC(C)(C)[C@]1(C)OC(=O)[C@]2(C/C(=C(/[Se]c3ccccc3)[Si](C)(C)C)[C@@H]3C(=O)N(c4ccccc4)C(=O)[C@@H]32)O1. The van der Waals surface area contributed by atoms with Crippen molar-refractivity contribution in [3.8, 4) is 0 Å². The van der Waals surface area contributed by atoms with Gasteiger partial charge >= 0.3 is 232 Å². The molecule has 5 rings (SSSR count). The molecular formula is C30H35NO5SeSi. The molecule has 2 heterocycles. The molecule has 0 unspecified atom stereocenters. The third-order valence-electron chi connectivity index (χ3n) is 7.96. The number of para-hydroxylation sites is 1. The molecular weight excluding hydrogens is 561 g/mol. The van der Waals surface area contributed by atoms with E-state index in [0.29, 0.717) is 5.69 Å². The number of esters is 1. The molecule has 2 aromatic carbocycles. The topological polar surface area (TPSA) is 72.9 Å². The van der Waals surface area contributed by atoms with Gasteiger partial charge < -0.3 is 0 Å². The van der Waals surface area contributed by atoms with Gasteiger partial charge in [0.05, 0.1) is 0 Å². The standard InChI is InChI=1S/C30H35NO5SeSi/c1-28(2,3)29(4)35-27(34)30(36-29)18-21(26(38(5,6)7)37-20-16-12-9-13-17-20)22-23(30)25(33)31(24(22)32)19-14-10-8-11-15-19/h8-17,22-23H,18H2,1-7H3/b26-21+/t22-,23+,29+,30+/m0/s1. The molecule has 1 aliphatic carbocycles. The molecule has 2 aliphatic heterocycles. The molecule has 2 amide bonds. The number of imide groups is 1. The minimum absolute atomic E-state index is 0.0590. The zero-order valence-corrected chi connectivity index (χ0v) is 25.7. The number of amides is 2. The Morgan fingerprint density at radius 3 is 2.05 bits per heavy atom. The second kappa shape index (κ2) is 9.02. The summed E-state index contributed by atoms with van der Waals surface area (Å²) in [5.74, 6) is -4.14. The van der Waals surface area contributed by atoms with E-state index in [0.717, 1.165) is 5.57 Å². The van der Waals surface area contributed by atoms with E-state index in [-0.39, 0.29) is 27.3 Å². The number of ether oxygens (including phenoxy) is 2. The average Bonchev–Trinajstić information content (AvgIpc) is 3.41. The zero-order chi connectivity index (χ0) is 27.7. The van der Waals surface area contributed by atoms with Gasteiger partial charge in [0.25, 0.3) is 0 Å². The fourth-order valence-electron chi connectivity index (χ4n) is 5.63. The number of nitrogens with zero attached hydrogens (tertiary/aromatic N) is 1. The van der Waals surface area contributed by atoms with Crippen LogP contribution in [0.5, 0.6) is 0 Å². The summed E-state index contributed by atoms with van der Waals surface area (Å²) < 4.78 is 15.1. The molecule has 1 saturated carbocycles. The number of rotatable bonds is 4. The van der Waals surface area contributed by atoms with Crippen molar-refractivity contribution in [2.75, 3.05) is 4.90 Å². The van der Waals surface area contributed by atoms with Gasteiger partial charge in [-0.05, 0) is 0 Å². The van der Waals surface area contributed by atoms with Gasteiger partial charge in [0.2, 0.25) is 0 Å². The van der Waals surface area contributed by atoms with Gasteiger partial charge in [-0.15, -0.1) is 0 Å². The Kier molecular flexibility index (Phi) is 6.42. The predicted molar refractivity (Wildman–Crippen MR) is 151 cm³/mol. The van der Waals surface area contributed by atoms with E-state index in [1.165, 1.54) is 13.5 Å². The van der Waals surface area contributed by atoms with Crippen LogP contribution >= 0.6 is 0 Å². The van der Waals surface area contributed by atoms with E-state index >= 15 is 0 Å². The van der Waals surface area contributed by atoms with Crippen molar-refractivity contribution in [1.82, 2.24) is 0 Å². The molecule has 1 spiro atoms. The van der Waals surface area contributed by atoms with Gasteiger partial charge in [-0.2, -0.15) is 0 Å². The summed E-state index contributed by atoms with van der Waals surface area (Å²) in [4.78, 5) is 43.4. The van der Waals surface area contributed by atoms with Crippen LogP contribution in [0.2, 0.25) is 19.6 Å². The van der Waals surface area contributed by atoms with Crippen molar-refractivity contribution in [1.29, 1.82) is 0 Å². The van der Waals surface area contributed by atoms with Crippen LogP contribution in [0.3, 0.4) is 0 Å². The molecule has 0 aromatic heterocycles. The summed E-state index contributed by atoms with van der Waals surface area (Å²) in [5.41, 5.74) is -0.644.